The molecule has 108 valence electrons. The Morgan fingerprint density at radius 2 is 2.10 bits per heavy atom. The van der Waals surface area contributed by atoms with E-state index in [-0.39, 0.29) is 12.5 Å². The van der Waals surface area contributed by atoms with Gasteiger partial charge in [0.05, 0.1) is 6.61 Å². The van der Waals surface area contributed by atoms with E-state index >= 15 is 0 Å². The van der Waals surface area contributed by atoms with Crippen molar-refractivity contribution in [1.82, 2.24) is 10.6 Å². The number of nitrogens with one attached hydrogen (secondary N) is 2. The lowest BCUT2D eigenvalue weighted by atomic mass is 10.1. The van der Waals surface area contributed by atoms with Gasteiger partial charge in [0, 0.05) is 5.33 Å². The summed E-state index contributed by atoms with van der Waals surface area (Å²) in [5.41, 5.74) is 0.882. The molecule has 1 aliphatic rings. The first-order chi connectivity index (χ1) is 9.70. The summed E-state index contributed by atoms with van der Waals surface area (Å²) in [4.78, 5) is 22.9. The lowest BCUT2D eigenvalue weighted by Gasteiger charge is -2.36. The first kappa shape index (κ1) is 14.8. The third-order valence-electron chi connectivity index (χ3n) is 2.73. The van der Waals surface area contributed by atoms with Crippen LogP contribution in [-0.4, -0.2) is 36.2 Å². The largest absolute Gasteiger partial charge is 0.445 e. The maximum atomic E-state index is 11.6. The van der Waals surface area contributed by atoms with Crippen molar-refractivity contribution < 1.29 is 19.1 Å². The van der Waals surface area contributed by atoms with Crippen molar-refractivity contribution in [3.63, 3.8) is 0 Å². The van der Waals surface area contributed by atoms with Crippen LogP contribution < -0.4 is 10.6 Å². The summed E-state index contributed by atoms with van der Waals surface area (Å²) in [6.07, 6.45) is -1.13. The number of alkyl halides is 1. The molecule has 0 aliphatic carbocycles. The van der Waals surface area contributed by atoms with Crippen LogP contribution in [0.5, 0.6) is 0 Å². The molecule has 1 fully saturated rings. The monoisotopic (exact) mass is 342 g/mol. The molecular formula is C13H15BrN2O4. The highest BCUT2D eigenvalue weighted by Gasteiger charge is 2.41. The van der Waals surface area contributed by atoms with E-state index in [0.29, 0.717) is 11.9 Å². The standard InChI is InChI=1S/C13H15BrN2O4/c14-6-7-19-12-10(11(17)16-12)15-13(18)20-8-9-4-2-1-3-5-9/h1-5,10,12H,6-8H2,(H,15,18)(H,16,17)/t10-,12-/m1/s1. The fourth-order valence-electron chi connectivity index (χ4n) is 1.70. The van der Waals surface area contributed by atoms with Crippen LogP contribution in [0.4, 0.5) is 4.79 Å². The van der Waals surface area contributed by atoms with Crippen LogP contribution >= 0.6 is 15.9 Å². The van der Waals surface area contributed by atoms with Crippen LogP contribution in [0, 0.1) is 0 Å². The van der Waals surface area contributed by atoms with Crippen LogP contribution in [0.1, 0.15) is 5.56 Å². The molecule has 20 heavy (non-hydrogen) atoms. The quantitative estimate of drug-likeness (QED) is 0.600. The molecular weight excluding hydrogens is 328 g/mol. The third kappa shape index (κ3) is 3.94. The molecule has 7 heteroatoms. The topological polar surface area (TPSA) is 76.7 Å². The predicted octanol–water partition coefficient (Wildman–Crippen LogP) is 1.15. The molecule has 2 N–H and O–H groups in total. The molecule has 0 spiro atoms. The number of hydrogen-bond donors (Lipinski definition) is 2. The number of halogens is 1. The van der Waals surface area contributed by atoms with Gasteiger partial charge in [0.15, 0.2) is 12.3 Å². The Hall–Kier alpha value is -1.60. The maximum Gasteiger partial charge on any atom is 0.408 e. The summed E-state index contributed by atoms with van der Waals surface area (Å²) in [5, 5.41) is 5.69. The second-order valence-electron chi connectivity index (χ2n) is 4.17. The molecule has 0 aromatic heterocycles. The SMILES string of the molecule is O=C(N[C@@H]1C(=O)N[C@@H]1OCCBr)OCc1ccccc1. The van der Waals surface area contributed by atoms with Gasteiger partial charge in [0.2, 0.25) is 5.91 Å². The van der Waals surface area contributed by atoms with Gasteiger partial charge in [-0.2, -0.15) is 0 Å². The summed E-state index contributed by atoms with van der Waals surface area (Å²) in [5.74, 6) is -0.277. The van der Waals surface area contributed by atoms with E-state index in [1.807, 2.05) is 30.3 Å². The van der Waals surface area contributed by atoms with Gasteiger partial charge < -0.3 is 20.1 Å². The van der Waals surface area contributed by atoms with Gasteiger partial charge >= 0.3 is 6.09 Å². The van der Waals surface area contributed by atoms with Crippen molar-refractivity contribution >= 4 is 27.9 Å². The smallest absolute Gasteiger partial charge is 0.408 e. The van der Waals surface area contributed by atoms with E-state index in [1.54, 1.807) is 0 Å². The zero-order valence-corrected chi connectivity index (χ0v) is 12.3. The van der Waals surface area contributed by atoms with Crippen LogP contribution in [0.2, 0.25) is 0 Å². The number of amides is 2. The van der Waals surface area contributed by atoms with Gasteiger partial charge in [0.25, 0.3) is 0 Å². The minimum absolute atomic E-state index is 0.161. The minimum Gasteiger partial charge on any atom is -0.445 e. The maximum absolute atomic E-state index is 11.6. The van der Waals surface area contributed by atoms with Gasteiger partial charge in [-0.1, -0.05) is 46.3 Å². The number of β-lactam (4-membered cyclic amide) rings is 1. The molecule has 0 bridgehead atoms. The zero-order chi connectivity index (χ0) is 14.4. The molecule has 0 radical (unpaired) electrons. The Kier molecular flexibility index (Phi) is 5.37. The number of alkyl carbamates (subject to hydrolysis) is 1. The van der Waals surface area contributed by atoms with E-state index in [2.05, 4.69) is 26.6 Å². The van der Waals surface area contributed by atoms with Crippen molar-refractivity contribution in [2.24, 2.45) is 0 Å². The molecule has 1 aromatic rings. The number of rotatable bonds is 6. The van der Waals surface area contributed by atoms with E-state index in [9.17, 15) is 9.59 Å². The van der Waals surface area contributed by atoms with Gasteiger partial charge in [-0.25, -0.2) is 4.79 Å². The number of carbonyl (C=O) groups is 2. The van der Waals surface area contributed by atoms with Gasteiger partial charge in [0.1, 0.15) is 6.61 Å². The highest BCUT2D eigenvalue weighted by Crippen LogP contribution is 2.09. The van der Waals surface area contributed by atoms with E-state index < -0.39 is 18.4 Å². The second-order valence-corrected chi connectivity index (χ2v) is 4.97. The molecule has 1 heterocycles. The number of benzene rings is 1. The molecule has 2 amide bonds. The van der Waals surface area contributed by atoms with Crippen LogP contribution in [0.3, 0.4) is 0 Å². The number of ether oxygens (including phenoxy) is 2. The summed E-state index contributed by atoms with van der Waals surface area (Å²) in [7, 11) is 0. The molecule has 2 rings (SSSR count). The Morgan fingerprint density at radius 3 is 2.75 bits per heavy atom. The lowest BCUT2D eigenvalue weighted by molar-refractivity contribution is -0.145. The predicted molar refractivity (Wildman–Crippen MR) is 75.2 cm³/mol. The fraction of sp³-hybridized carbons (Fsp3) is 0.385. The molecule has 2 atom stereocenters. The normalized spacial score (nSPS) is 20.8. The number of carbonyl (C=O) groups excluding carboxylic acids is 2. The minimum atomic E-state index is -0.697. The molecule has 0 unspecified atom stereocenters. The summed E-state index contributed by atoms with van der Waals surface area (Å²) in [6, 6.07) is 8.61. The Labute approximate surface area is 124 Å². The molecule has 1 saturated heterocycles. The third-order valence-corrected chi connectivity index (χ3v) is 3.05. The highest BCUT2D eigenvalue weighted by atomic mass is 79.9. The molecule has 1 aromatic carbocycles. The molecule has 0 saturated carbocycles. The Morgan fingerprint density at radius 1 is 1.35 bits per heavy atom. The van der Waals surface area contributed by atoms with Crippen LogP contribution in [0.25, 0.3) is 0 Å². The summed E-state index contributed by atoms with van der Waals surface area (Å²) in [6.45, 7) is 0.607. The highest BCUT2D eigenvalue weighted by molar-refractivity contribution is 9.09. The van der Waals surface area contributed by atoms with Crippen molar-refractivity contribution in [3.8, 4) is 0 Å². The summed E-state index contributed by atoms with van der Waals surface area (Å²) < 4.78 is 10.4. The van der Waals surface area contributed by atoms with E-state index in [4.69, 9.17) is 9.47 Å². The van der Waals surface area contributed by atoms with Gasteiger partial charge in [-0.15, -0.1) is 0 Å². The van der Waals surface area contributed by atoms with Crippen molar-refractivity contribution in [2.45, 2.75) is 18.9 Å². The van der Waals surface area contributed by atoms with E-state index in [1.165, 1.54) is 0 Å². The molecule has 6 nitrogen and oxygen atoms in total. The van der Waals surface area contributed by atoms with Crippen LogP contribution in [0.15, 0.2) is 30.3 Å². The van der Waals surface area contributed by atoms with E-state index in [0.717, 1.165) is 5.56 Å². The van der Waals surface area contributed by atoms with Gasteiger partial charge in [-0.05, 0) is 5.56 Å². The Balaban J connectivity index is 1.75. The lowest BCUT2D eigenvalue weighted by Crippen LogP contribution is -2.70. The second kappa shape index (κ2) is 7.25. The van der Waals surface area contributed by atoms with Crippen molar-refractivity contribution in [2.75, 3.05) is 11.9 Å². The van der Waals surface area contributed by atoms with Crippen LogP contribution in [-0.2, 0) is 20.9 Å². The molecule has 1 aliphatic heterocycles. The Bertz CT molecular complexity index is 469. The fourth-order valence-corrected chi connectivity index (χ4v) is 1.88. The number of hydrogen-bond acceptors (Lipinski definition) is 4. The average molecular weight is 343 g/mol. The zero-order valence-electron chi connectivity index (χ0n) is 10.7. The van der Waals surface area contributed by atoms with Crippen molar-refractivity contribution in [3.05, 3.63) is 35.9 Å². The first-order valence-corrected chi connectivity index (χ1v) is 7.28. The summed E-state index contributed by atoms with van der Waals surface area (Å²) >= 11 is 3.22. The first-order valence-electron chi connectivity index (χ1n) is 6.16. The van der Waals surface area contributed by atoms with Crippen molar-refractivity contribution in [1.29, 1.82) is 0 Å². The van der Waals surface area contributed by atoms with Gasteiger partial charge in [-0.3, -0.25) is 4.79 Å². The average Bonchev–Trinajstić information content (AvgIpc) is 2.48.